The van der Waals surface area contributed by atoms with Crippen LogP contribution >= 0.6 is 0 Å². The molecule has 0 amide bonds. The van der Waals surface area contributed by atoms with Crippen LogP contribution in [0, 0.1) is 0 Å². The predicted molar refractivity (Wildman–Crippen MR) is 106 cm³/mol. The number of anilines is 2. The van der Waals surface area contributed by atoms with Crippen molar-refractivity contribution in [1.29, 1.82) is 0 Å². The average molecular weight is 348 g/mol. The Kier molecular flexibility index (Phi) is 5.87. The molecule has 0 bridgehead atoms. The Balaban J connectivity index is 1.76. The Bertz CT molecular complexity index is 847. The highest BCUT2D eigenvalue weighted by atomic mass is 16.5. The summed E-state index contributed by atoms with van der Waals surface area (Å²) in [7, 11) is 1.68. The number of pyridine rings is 1. The number of hydrogen-bond donors (Lipinski definition) is 1. The normalized spacial score (nSPS) is 11.8. The Hall–Kier alpha value is -2.85. The molecule has 0 saturated heterocycles. The van der Waals surface area contributed by atoms with E-state index in [1.165, 1.54) is 0 Å². The quantitative estimate of drug-likeness (QED) is 0.604. The van der Waals surface area contributed by atoms with Gasteiger partial charge in [-0.3, -0.25) is 4.98 Å². The first-order valence-electron chi connectivity index (χ1n) is 8.78. The van der Waals surface area contributed by atoms with Crippen molar-refractivity contribution in [3.05, 3.63) is 72.6 Å². The van der Waals surface area contributed by atoms with Crippen molar-refractivity contribution in [1.82, 2.24) is 4.98 Å². The summed E-state index contributed by atoms with van der Waals surface area (Å²) in [5.74, 6) is 0.851. The highest BCUT2D eigenvalue weighted by molar-refractivity contribution is 5.71. The van der Waals surface area contributed by atoms with E-state index < -0.39 is 0 Å². The van der Waals surface area contributed by atoms with Crippen LogP contribution in [0.15, 0.2) is 66.9 Å². The molecule has 1 unspecified atom stereocenters. The Morgan fingerprint density at radius 1 is 0.962 bits per heavy atom. The third kappa shape index (κ3) is 4.41. The molecule has 0 aliphatic heterocycles. The summed E-state index contributed by atoms with van der Waals surface area (Å²) in [6, 6.07) is 20.4. The molecule has 134 valence electrons. The molecule has 0 saturated carbocycles. The van der Waals surface area contributed by atoms with Crippen LogP contribution in [0.2, 0.25) is 0 Å². The molecule has 2 aromatic carbocycles. The van der Waals surface area contributed by atoms with Crippen LogP contribution in [0.5, 0.6) is 5.75 Å². The lowest BCUT2D eigenvalue weighted by Gasteiger charge is -2.12. The number of methoxy groups -OCH3 is 1. The van der Waals surface area contributed by atoms with E-state index >= 15 is 0 Å². The van der Waals surface area contributed by atoms with Gasteiger partial charge in [-0.2, -0.15) is 0 Å². The summed E-state index contributed by atoms with van der Waals surface area (Å²) in [5, 5.41) is 3.41. The fourth-order valence-electron chi connectivity index (χ4n) is 2.80. The van der Waals surface area contributed by atoms with Gasteiger partial charge in [0, 0.05) is 12.3 Å². The van der Waals surface area contributed by atoms with E-state index in [4.69, 9.17) is 9.47 Å². The molecule has 0 spiro atoms. The monoisotopic (exact) mass is 348 g/mol. The maximum Gasteiger partial charge on any atom is 0.119 e. The summed E-state index contributed by atoms with van der Waals surface area (Å²) in [6.45, 7) is 4.68. The number of ether oxygens (including phenoxy) is 2. The second-order valence-corrected chi connectivity index (χ2v) is 6.01. The van der Waals surface area contributed by atoms with Gasteiger partial charge in [-0.1, -0.05) is 24.3 Å². The predicted octanol–water partition coefficient (Wildman–Crippen LogP) is 5.60. The molecule has 0 fully saturated rings. The third-order valence-electron chi connectivity index (χ3n) is 4.17. The molecule has 4 heteroatoms. The number of benzene rings is 2. The van der Waals surface area contributed by atoms with Crippen molar-refractivity contribution in [3.8, 4) is 16.9 Å². The van der Waals surface area contributed by atoms with Crippen LogP contribution in [0.4, 0.5) is 11.4 Å². The highest BCUT2D eigenvalue weighted by Gasteiger charge is 2.06. The van der Waals surface area contributed by atoms with Crippen LogP contribution in [0.3, 0.4) is 0 Å². The zero-order valence-electron chi connectivity index (χ0n) is 15.4. The number of aromatic nitrogens is 1. The molecule has 0 aliphatic carbocycles. The first kappa shape index (κ1) is 18.0. The van der Waals surface area contributed by atoms with Gasteiger partial charge in [-0.05, 0) is 61.4 Å². The van der Waals surface area contributed by atoms with Crippen LogP contribution in [0.1, 0.15) is 25.6 Å². The lowest BCUT2D eigenvalue weighted by Crippen LogP contribution is -2.02. The molecule has 0 aliphatic rings. The number of rotatable bonds is 7. The molecule has 4 nitrogen and oxygen atoms in total. The van der Waals surface area contributed by atoms with Gasteiger partial charge in [-0.25, -0.2) is 0 Å². The maximum atomic E-state index is 5.58. The molecule has 1 N–H and O–H groups in total. The molecule has 1 aromatic heterocycles. The summed E-state index contributed by atoms with van der Waals surface area (Å²) in [4.78, 5) is 4.49. The van der Waals surface area contributed by atoms with E-state index in [1.807, 2.05) is 62.5 Å². The van der Waals surface area contributed by atoms with Crippen LogP contribution in [-0.4, -0.2) is 18.7 Å². The molecule has 3 aromatic rings. The number of hydrogen-bond acceptors (Lipinski definition) is 4. The van der Waals surface area contributed by atoms with Gasteiger partial charge in [0.1, 0.15) is 5.75 Å². The molecule has 0 radical (unpaired) electrons. The zero-order chi connectivity index (χ0) is 18.4. The first-order chi connectivity index (χ1) is 12.7. The Morgan fingerprint density at radius 3 is 2.42 bits per heavy atom. The van der Waals surface area contributed by atoms with Crippen molar-refractivity contribution in [3.63, 3.8) is 0 Å². The standard InChI is InChI=1S/C22H24N2O2/c1-4-26-16(2)22-12-11-20(15-23-22)24-19-9-5-7-17(13-19)18-8-6-10-21(14-18)25-3/h5-16,24H,4H2,1-3H3. The minimum Gasteiger partial charge on any atom is -0.497 e. The highest BCUT2D eigenvalue weighted by Crippen LogP contribution is 2.27. The molecular weight excluding hydrogens is 324 g/mol. The van der Waals surface area contributed by atoms with Crippen molar-refractivity contribution in [2.45, 2.75) is 20.0 Å². The molecule has 1 atom stereocenters. The van der Waals surface area contributed by atoms with Gasteiger partial charge in [0.25, 0.3) is 0 Å². The van der Waals surface area contributed by atoms with Gasteiger partial charge in [0.2, 0.25) is 0 Å². The summed E-state index contributed by atoms with van der Waals surface area (Å²) in [5.41, 5.74) is 5.14. The molecule has 1 heterocycles. The van der Waals surface area contributed by atoms with E-state index in [0.29, 0.717) is 6.61 Å². The van der Waals surface area contributed by atoms with E-state index in [9.17, 15) is 0 Å². The maximum absolute atomic E-state index is 5.58. The van der Waals surface area contributed by atoms with Crippen LogP contribution in [-0.2, 0) is 4.74 Å². The lowest BCUT2D eigenvalue weighted by molar-refractivity contribution is 0.0734. The average Bonchev–Trinajstić information content (AvgIpc) is 2.69. The zero-order valence-corrected chi connectivity index (χ0v) is 15.4. The van der Waals surface area contributed by atoms with Gasteiger partial charge >= 0.3 is 0 Å². The molecule has 3 rings (SSSR count). The summed E-state index contributed by atoms with van der Waals surface area (Å²) >= 11 is 0. The van der Waals surface area contributed by atoms with Gasteiger partial charge in [0.15, 0.2) is 0 Å². The first-order valence-corrected chi connectivity index (χ1v) is 8.78. The van der Waals surface area contributed by atoms with E-state index in [1.54, 1.807) is 7.11 Å². The van der Waals surface area contributed by atoms with Crippen LogP contribution < -0.4 is 10.1 Å². The van der Waals surface area contributed by atoms with Crippen molar-refractivity contribution >= 4 is 11.4 Å². The molecule has 26 heavy (non-hydrogen) atoms. The third-order valence-corrected chi connectivity index (χ3v) is 4.17. The van der Waals surface area contributed by atoms with E-state index in [2.05, 4.69) is 28.5 Å². The Morgan fingerprint density at radius 2 is 1.73 bits per heavy atom. The largest absolute Gasteiger partial charge is 0.497 e. The smallest absolute Gasteiger partial charge is 0.119 e. The van der Waals surface area contributed by atoms with E-state index in [-0.39, 0.29) is 6.10 Å². The fraction of sp³-hybridized carbons (Fsp3) is 0.227. The van der Waals surface area contributed by atoms with Crippen LogP contribution in [0.25, 0.3) is 11.1 Å². The summed E-state index contributed by atoms with van der Waals surface area (Å²) < 4.78 is 10.9. The topological polar surface area (TPSA) is 43.4 Å². The second-order valence-electron chi connectivity index (χ2n) is 6.01. The fourth-order valence-corrected chi connectivity index (χ4v) is 2.80. The van der Waals surface area contributed by atoms with Gasteiger partial charge < -0.3 is 14.8 Å². The van der Waals surface area contributed by atoms with E-state index in [0.717, 1.165) is 33.9 Å². The summed E-state index contributed by atoms with van der Waals surface area (Å²) in [6.07, 6.45) is 1.84. The minimum atomic E-state index is 0.00504. The lowest BCUT2D eigenvalue weighted by atomic mass is 10.0. The number of nitrogens with zero attached hydrogens (tertiary/aromatic N) is 1. The minimum absolute atomic E-state index is 0.00504. The van der Waals surface area contributed by atoms with Crippen molar-refractivity contribution in [2.24, 2.45) is 0 Å². The van der Waals surface area contributed by atoms with Gasteiger partial charge in [0.05, 0.1) is 30.8 Å². The van der Waals surface area contributed by atoms with Crippen molar-refractivity contribution in [2.75, 3.05) is 19.0 Å². The number of nitrogens with one attached hydrogen (secondary N) is 1. The SMILES string of the molecule is CCOC(C)c1ccc(Nc2cccc(-c3cccc(OC)c3)c2)cn1. The van der Waals surface area contributed by atoms with Gasteiger partial charge in [-0.15, -0.1) is 0 Å². The van der Waals surface area contributed by atoms with Crippen molar-refractivity contribution < 1.29 is 9.47 Å². The molecular formula is C22H24N2O2. The Labute approximate surface area is 154 Å². The second kappa shape index (κ2) is 8.50.